The van der Waals surface area contributed by atoms with Crippen LogP contribution in [0.5, 0.6) is 0 Å². The third-order valence-corrected chi connectivity index (χ3v) is 5.19. The van der Waals surface area contributed by atoms with E-state index in [9.17, 15) is 4.79 Å². The molecule has 11 heteroatoms. The summed E-state index contributed by atoms with van der Waals surface area (Å²) in [6.45, 7) is 5.97. The molecule has 4 rings (SSSR count). The second-order valence-electron chi connectivity index (χ2n) is 6.51. The number of hydrogen-bond acceptors (Lipinski definition) is 7. The van der Waals surface area contributed by atoms with Gasteiger partial charge in [0.25, 0.3) is 5.91 Å². The Morgan fingerprint density at radius 1 is 1.38 bits per heavy atom. The maximum Gasteiger partial charge on any atom is 0.252 e. The number of amides is 1. The van der Waals surface area contributed by atoms with Crippen molar-refractivity contribution in [2.75, 3.05) is 6.54 Å². The molecular weight excluding hydrogens is 477 g/mol. The molecule has 0 bridgehead atoms. The maximum atomic E-state index is 12.4. The monoisotopic (exact) mass is 493 g/mol. The molecule has 140 valence electrons. The van der Waals surface area contributed by atoms with Gasteiger partial charge >= 0.3 is 0 Å². The van der Waals surface area contributed by atoms with E-state index >= 15 is 0 Å². The molecule has 1 N–H and O–H groups in total. The minimum Gasteiger partial charge on any atom is -0.354 e. The normalized spacial score (nSPS) is 29.9. The Hall–Kier alpha value is -1.08. The average Bonchev–Trinajstić information content (AvgIpc) is 3.18. The van der Waals surface area contributed by atoms with Crippen LogP contribution in [0, 0.1) is 3.70 Å². The Morgan fingerprint density at radius 3 is 2.85 bits per heavy atom. The van der Waals surface area contributed by atoms with Gasteiger partial charge in [-0.25, -0.2) is 9.97 Å². The first-order valence-electron chi connectivity index (χ1n) is 8.15. The van der Waals surface area contributed by atoms with Crippen LogP contribution in [0.4, 0.5) is 0 Å². The number of halogens is 2. The van der Waals surface area contributed by atoms with Crippen molar-refractivity contribution in [3.63, 3.8) is 0 Å². The highest BCUT2D eigenvalue weighted by atomic mass is 127. The van der Waals surface area contributed by atoms with Crippen molar-refractivity contribution in [3.05, 3.63) is 15.3 Å². The fraction of sp³-hybridized carbons (Fsp3) is 0.600. The first-order chi connectivity index (χ1) is 12.3. The summed E-state index contributed by atoms with van der Waals surface area (Å²) in [7, 11) is 0. The summed E-state index contributed by atoms with van der Waals surface area (Å²) >= 11 is 8.06. The van der Waals surface area contributed by atoms with Crippen LogP contribution in [-0.2, 0) is 19.0 Å². The van der Waals surface area contributed by atoms with E-state index in [-0.39, 0.29) is 11.2 Å². The number of likely N-dealkylation sites (N-methyl/N-ethyl adjacent to an activating group) is 1. The van der Waals surface area contributed by atoms with E-state index in [0.717, 1.165) is 0 Å². The number of carbonyl (C=O) groups is 1. The van der Waals surface area contributed by atoms with Gasteiger partial charge in [-0.1, -0.05) is 0 Å². The van der Waals surface area contributed by atoms with Crippen molar-refractivity contribution in [3.8, 4) is 0 Å². The molecular formula is C15H17ClIN5O4. The zero-order chi connectivity index (χ0) is 18.6. The lowest BCUT2D eigenvalue weighted by molar-refractivity contribution is -0.197. The smallest absolute Gasteiger partial charge is 0.252 e. The Bertz CT molecular complexity index is 875. The number of fused-ring (bicyclic) bond motifs is 2. The number of rotatable bonds is 3. The van der Waals surface area contributed by atoms with Crippen LogP contribution < -0.4 is 5.32 Å². The van der Waals surface area contributed by atoms with Crippen LogP contribution >= 0.6 is 34.2 Å². The van der Waals surface area contributed by atoms with E-state index in [2.05, 4.69) is 42.9 Å². The molecule has 0 aromatic carbocycles. The molecule has 2 aromatic heterocycles. The summed E-state index contributed by atoms with van der Waals surface area (Å²) in [5, 5.41) is 2.89. The lowest BCUT2D eigenvalue weighted by Gasteiger charge is -2.24. The summed E-state index contributed by atoms with van der Waals surface area (Å²) in [5.74, 6) is -1.06. The van der Waals surface area contributed by atoms with E-state index in [1.807, 2.05) is 20.8 Å². The maximum absolute atomic E-state index is 12.4. The van der Waals surface area contributed by atoms with Gasteiger partial charge in [-0.2, -0.15) is 4.98 Å². The van der Waals surface area contributed by atoms with Gasteiger partial charge in [-0.15, -0.1) is 0 Å². The molecule has 26 heavy (non-hydrogen) atoms. The number of nitrogens with one attached hydrogen (secondary N) is 1. The second-order valence-corrected chi connectivity index (χ2v) is 7.87. The standard InChI is InChI=1S/C15H17ClIN5O4/c1-4-18-12(23)8-7-9(26-15(2,3)25-7)13(24-8)22-5-19-6-10(17)20-14(16)21-11(6)22/h5,7-9,13H,4H2,1-3H3,(H,18,23)/t7?,8?,9-,13?/m1/s1. The van der Waals surface area contributed by atoms with Crippen LogP contribution in [0.25, 0.3) is 11.2 Å². The summed E-state index contributed by atoms with van der Waals surface area (Å²) in [6, 6.07) is 0. The number of carbonyl (C=O) groups excluding carboxylic acids is 1. The van der Waals surface area contributed by atoms with E-state index in [4.69, 9.17) is 25.8 Å². The summed E-state index contributed by atoms with van der Waals surface area (Å²) in [6.07, 6.45) is -0.840. The molecule has 2 saturated heterocycles. The third kappa shape index (κ3) is 2.97. The molecule has 0 spiro atoms. The Labute approximate surface area is 167 Å². The molecule has 2 fully saturated rings. The summed E-state index contributed by atoms with van der Waals surface area (Å²) in [5.41, 5.74) is 1.12. The predicted molar refractivity (Wildman–Crippen MR) is 99.5 cm³/mol. The highest BCUT2D eigenvalue weighted by Crippen LogP contribution is 2.43. The quantitative estimate of drug-likeness (QED) is 0.394. The van der Waals surface area contributed by atoms with Crippen molar-refractivity contribution < 1.29 is 19.0 Å². The van der Waals surface area contributed by atoms with E-state index < -0.39 is 30.3 Å². The van der Waals surface area contributed by atoms with Crippen LogP contribution in [0.2, 0.25) is 5.28 Å². The van der Waals surface area contributed by atoms with Crippen molar-refractivity contribution >= 4 is 51.3 Å². The summed E-state index contributed by atoms with van der Waals surface area (Å²) < 4.78 is 20.3. The number of ether oxygens (including phenoxy) is 3. The van der Waals surface area contributed by atoms with Gasteiger partial charge in [0.2, 0.25) is 5.28 Å². The van der Waals surface area contributed by atoms with Crippen molar-refractivity contribution in [1.82, 2.24) is 24.8 Å². The third-order valence-electron chi connectivity index (χ3n) is 4.26. The van der Waals surface area contributed by atoms with Gasteiger partial charge in [0.1, 0.15) is 21.4 Å². The van der Waals surface area contributed by atoms with E-state index in [1.54, 1.807) is 10.9 Å². The largest absolute Gasteiger partial charge is 0.354 e. The second kappa shape index (κ2) is 6.51. The number of hydrogen-bond donors (Lipinski definition) is 1. The van der Waals surface area contributed by atoms with Gasteiger partial charge in [0, 0.05) is 6.54 Å². The molecule has 2 aliphatic rings. The van der Waals surface area contributed by atoms with Gasteiger partial charge < -0.3 is 19.5 Å². The molecule has 1 amide bonds. The van der Waals surface area contributed by atoms with Crippen molar-refractivity contribution in [1.29, 1.82) is 0 Å². The van der Waals surface area contributed by atoms with Crippen LogP contribution in [0.1, 0.15) is 27.0 Å². The molecule has 4 atom stereocenters. The van der Waals surface area contributed by atoms with Crippen LogP contribution in [0.3, 0.4) is 0 Å². The molecule has 0 aliphatic carbocycles. The summed E-state index contributed by atoms with van der Waals surface area (Å²) in [4.78, 5) is 25.2. The molecule has 2 aliphatic heterocycles. The van der Waals surface area contributed by atoms with Crippen molar-refractivity contribution in [2.24, 2.45) is 0 Å². The molecule has 0 saturated carbocycles. The SMILES string of the molecule is CCNC(=O)C1OC(n2cnc3c(I)nc(Cl)nc32)[C@@H]2OC(C)(C)OC12. The van der Waals surface area contributed by atoms with Gasteiger partial charge in [-0.05, 0) is 55.0 Å². The number of aromatic nitrogens is 4. The minimum absolute atomic E-state index is 0.113. The lowest BCUT2D eigenvalue weighted by Crippen LogP contribution is -2.42. The van der Waals surface area contributed by atoms with Crippen molar-refractivity contribution in [2.45, 2.75) is 51.1 Å². The molecule has 2 aromatic rings. The number of nitrogens with zero attached hydrogens (tertiary/aromatic N) is 4. The molecule has 3 unspecified atom stereocenters. The fourth-order valence-electron chi connectivity index (χ4n) is 3.33. The van der Waals surface area contributed by atoms with Gasteiger partial charge in [-0.3, -0.25) is 9.36 Å². The lowest BCUT2D eigenvalue weighted by atomic mass is 10.1. The Morgan fingerprint density at radius 2 is 2.12 bits per heavy atom. The Balaban J connectivity index is 1.76. The molecule has 9 nitrogen and oxygen atoms in total. The highest BCUT2D eigenvalue weighted by molar-refractivity contribution is 14.1. The highest BCUT2D eigenvalue weighted by Gasteiger charge is 2.58. The van der Waals surface area contributed by atoms with Crippen LogP contribution in [0.15, 0.2) is 6.33 Å². The predicted octanol–water partition coefficient (Wildman–Crippen LogP) is 1.64. The topological polar surface area (TPSA) is 100 Å². The zero-order valence-corrected chi connectivity index (χ0v) is 17.2. The van der Waals surface area contributed by atoms with Gasteiger partial charge in [0.15, 0.2) is 23.8 Å². The average molecular weight is 494 g/mol. The van der Waals surface area contributed by atoms with E-state index in [1.165, 1.54) is 0 Å². The fourth-order valence-corrected chi connectivity index (χ4v) is 4.25. The van der Waals surface area contributed by atoms with E-state index in [0.29, 0.717) is 21.4 Å². The zero-order valence-electron chi connectivity index (χ0n) is 14.3. The minimum atomic E-state index is -0.820. The van der Waals surface area contributed by atoms with Gasteiger partial charge in [0.05, 0.1) is 6.33 Å². The molecule has 4 heterocycles. The number of imidazole rings is 1. The first-order valence-corrected chi connectivity index (χ1v) is 9.61. The van der Waals surface area contributed by atoms with Crippen LogP contribution in [-0.4, -0.2) is 56.1 Å². The first kappa shape index (κ1) is 18.3. The Kier molecular flexibility index (Phi) is 4.58. The molecule has 0 radical (unpaired) electrons.